The summed E-state index contributed by atoms with van der Waals surface area (Å²) >= 11 is 0. The van der Waals surface area contributed by atoms with Crippen molar-refractivity contribution in [2.75, 3.05) is 0 Å². The van der Waals surface area contributed by atoms with E-state index in [1.54, 1.807) is 0 Å². The van der Waals surface area contributed by atoms with Crippen molar-refractivity contribution in [1.82, 2.24) is 0 Å². The lowest BCUT2D eigenvalue weighted by Gasteiger charge is -2.29. The average molecular weight is 385 g/mol. The summed E-state index contributed by atoms with van der Waals surface area (Å²) < 4.78 is 11.5. The third-order valence-electron chi connectivity index (χ3n) is 8.68. The van der Waals surface area contributed by atoms with Crippen LogP contribution in [0.15, 0.2) is 24.3 Å². The van der Waals surface area contributed by atoms with Gasteiger partial charge in [0.2, 0.25) is 0 Å². The number of hydrogen-bond donors (Lipinski definition) is 0. The second-order valence-corrected chi connectivity index (χ2v) is 10.1. The van der Waals surface area contributed by atoms with E-state index < -0.39 is 0 Å². The number of carbonyl (C=O) groups excluding carboxylic acids is 2. The van der Waals surface area contributed by atoms with Gasteiger partial charge in [0.15, 0.2) is 0 Å². The third kappa shape index (κ3) is 2.86. The van der Waals surface area contributed by atoms with Gasteiger partial charge in [0.05, 0.1) is 0 Å². The van der Waals surface area contributed by atoms with Crippen LogP contribution in [0.5, 0.6) is 0 Å². The van der Waals surface area contributed by atoms with Gasteiger partial charge < -0.3 is 9.47 Å². The van der Waals surface area contributed by atoms with E-state index in [4.69, 9.17) is 9.47 Å². The van der Waals surface area contributed by atoms with Crippen molar-refractivity contribution in [2.24, 2.45) is 22.7 Å². The molecule has 5 saturated carbocycles. The molecule has 0 N–H and O–H groups in total. The summed E-state index contributed by atoms with van der Waals surface area (Å²) in [6, 6.07) is 0. The van der Waals surface area contributed by atoms with Gasteiger partial charge in [-0.25, -0.2) is 9.59 Å². The highest BCUT2D eigenvalue weighted by Crippen LogP contribution is 2.68. The van der Waals surface area contributed by atoms with Crippen LogP contribution in [0.1, 0.15) is 77.0 Å². The summed E-state index contributed by atoms with van der Waals surface area (Å²) in [7, 11) is 0. The fraction of sp³-hybridized carbons (Fsp3) is 0.750. The molecule has 0 aromatic carbocycles. The van der Waals surface area contributed by atoms with Crippen molar-refractivity contribution < 1.29 is 19.1 Å². The molecule has 0 amide bonds. The molecular formula is C24H32O4. The first-order valence-electron chi connectivity index (χ1n) is 11.3. The van der Waals surface area contributed by atoms with Crippen molar-refractivity contribution in [3.63, 3.8) is 0 Å². The monoisotopic (exact) mass is 384 g/mol. The molecule has 0 heterocycles. The molecule has 0 spiro atoms. The average Bonchev–Trinajstić information content (AvgIpc) is 3.50. The highest BCUT2D eigenvalue weighted by molar-refractivity contribution is 5.91. The van der Waals surface area contributed by atoms with E-state index >= 15 is 0 Å². The zero-order valence-corrected chi connectivity index (χ0v) is 16.8. The molecule has 0 bridgehead atoms. The first-order valence-corrected chi connectivity index (χ1v) is 11.3. The number of carbonyl (C=O) groups is 2. The quantitative estimate of drug-likeness (QED) is 0.484. The molecule has 152 valence electrons. The smallest absolute Gasteiger partial charge is 0.334 e. The predicted octanol–water partition coefficient (Wildman–Crippen LogP) is 4.88. The number of ether oxygens (including phenoxy) is 2. The van der Waals surface area contributed by atoms with E-state index in [1.807, 2.05) is 0 Å². The Kier molecular flexibility index (Phi) is 4.26. The van der Waals surface area contributed by atoms with Gasteiger partial charge in [-0.15, -0.1) is 0 Å². The van der Waals surface area contributed by atoms with E-state index in [0.717, 1.165) is 51.4 Å². The molecule has 5 rings (SSSR count). The number of fused-ring (bicyclic) bond motifs is 2. The number of esters is 2. The normalized spacial score (nSPS) is 42.9. The lowest BCUT2D eigenvalue weighted by molar-refractivity contribution is -0.154. The van der Waals surface area contributed by atoms with Crippen LogP contribution in [0.4, 0.5) is 0 Å². The highest BCUT2D eigenvalue weighted by atomic mass is 16.6. The topological polar surface area (TPSA) is 52.6 Å². The molecule has 0 aliphatic heterocycles. The van der Waals surface area contributed by atoms with Crippen molar-refractivity contribution in [2.45, 2.75) is 89.3 Å². The molecule has 0 aromatic heterocycles. The minimum absolute atomic E-state index is 0.0707. The van der Waals surface area contributed by atoms with Crippen LogP contribution in [0.2, 0.25) is 0 Å². The Hall–Kier alpha value is -1.58. The Morgan fingerprint density at radius 2 is 1.07 bits per heavy atom. The van der Waals surface area contributed by atoms with Crippen molar-refractivity contribution >= 4 is 11.9 Å². The van der Waals surface area contributed by atoms with Crippen molar-refractivity contribution in [3.8, 4) is 0 Å². The maximum atomic E-state index is 12.5. The lowest BCUT2D eigenvalue weighted by atomic mass is 9.92. The van der Waals surface area contributed by atoms with Crippen LogP contribution in [0.25, 0.3) is 0 Å². The van der Waals surface area contributed by atoms with Gasteiger partial charge in [-0.1, -0.05) is 26.0 Å². The highest BCUT2D eigenvalue weighted by Gasteiger charge is 2.61. The fourth-order valence-electron chi connectivity index (χ4n) is 6.62. The van der Waals surface area contributed by atoms with Crippen LogP contribution >= 0.6 is 0 Å². The SMILES string of the molecule is C=C(C(=O)OC1CCC(OC(=O)C(=C)C23CCCC2C3)CC1)C12CCCC1C2. The van der Waals surface area contributed by atoms with E-state index in [0.29, 0.717) is 23.0 Å². The summed E-state index contributed by atoms with van der Waals surface area (Å²) in [6.07, 6.45) is 12.2. The summed E-state index contributed by atoms with van der Waals surface area (Å²) in [5.74, 6) is 0.944. The first-order chi connectivity index (χ1) is 13.4. The molecule has 4 unspecified atom stereocenters. The van der Waals surface area contributed by atoms with E-state index in [1.165, 1.54) is 25.7 Å². The van der Waals surface area contributed by atoms with Crippen LogP contribution in [-0.2, 0) is 19.1 Å². The van der Waals surface area contributed by atoms with Gasteiger partial charge in [0.25, 0.3) is 0 Å². The van der Waals surface area contributed by atoms with Gasteiger partial charge in [-0.2, -0.15) is 0 Å². The van der Waals surface area contributed by atoms with Crippen molar-refractivity contribution in [1.29, 1.82) is 0 Å². The molecular weight excluding hydrogens is 352 g/mol. The summed E-state index contributed by atoms with van der Waals surface area (Å²) in [5, 5.41) is 0. The van der Waals surface area contributed by atoms with Gasteiger partial charge in [0.1, 0.15) is 12.2 Å². The van der Waals surface area contributed by atoms with Crippen LogP contribution in [0.3, 0.4) is 0 Å². The van der Waals surface area contributed by atoms with Gasteiger partial charge in [0, 0.05) is 22.0 Å². The molecule has 0 radical (unpaired) electrons. The van der Waals surface area contributed by atoms with E-state index in [9.17, 15) is 9.59 Å². The van der Waals surface area contributed by atoms with E-state index in [-0.39, 0.29) is 35.0 Å². The zero-order chi connectivity index (χ0) is 19.5. The second-order valence-electron chi connectivity index (χ2n) is 10.1. The van der Waals surface area contributed by atoms with Gasteiger partial charge in [-0.05, 0) is 76.0 Å². The molecule has 4 nitrogen and oxygen atoms in total. The number of rotatable bonds is 6. The molecule has 5 aliphatic rings. The molecule has 0 saturated heterocycles. The Morgan fingerprint density at radius 1 is 0.679 bits per heavy atom. The molecule has 4 atom stereocenters. The van der Waals surface area contributed by atoms with Crippen LogP contribution in [0, 0.1) is 22.7 Å². The summed E-state index contributed by atoms with van der Waals surface area (Å²) in [4.78, 5) is 25.1. The molecule has 0 aromatic rings. The number of hydrogen-bond acceptors (Lipinski definition) is 4. The Morgan fingerprint density at radius 3 is 1.36 bits per heavy atom. The van der Waals surface area contributed by atoms with E-state index in [2.05, 4.69) is 13.2 Å². The summed E-state index contributed by atoms with van der Waals surface area (Å²) in [6.45, 7) is 8.17. The maximum absolute atomic E-state index is 12.5. The minimum Gasteiger partial charge on any atom is -0.459 e. The molecule has 5 aliphatic carbocycles. The van der Waals surface area contributed by atoms with Crippen LogP contribution in [-0.4, -0.2) is 24.1 Å². The first kappa shape index (κ1) is 18.4. The molecule has 5 fully saturated rings. The predicted molar refractivity (Wildman–Crippen MR) is 105 cm³/mol. The minimum atomic E-state index is -0.196. The Balaban J connectivity index is 1.07. The van der Waals surface area contributed by atoms with Gasteiger partial charge in [-0.3, -0.25) is 0 Å². The Bertz CT molecular complexity index is 669. The van der Waals surface area contributed by atoms with Gasteiger partial charge >= 0.3 is 11.9 Å². The maximum Gasteiger partial charge on any atom is 0.334 e. The summed E-state index contributed by atoms with van der Waals surface area (Å²) in [5.41, 5.74) is 1.55. The fourth-order valence-corrected chi connectivity index (χ4v) is 6.62. The lowest BCUT2D eigenvalue weighted by Crippen LogP contribution is -2.31. The zero-order valence-electron chi connectivity index (χ0n) is 16.8. The standard InChI is InChI=1S/C24H32O4/c1-15(23-11-3-5-17(23)13-23)21(25)27-19-7-9-20(10-8-19)28-22(26)16(2)24-12-4-6-18(24)14-24/h17-20H,1-14H2. The third-order valence-corrected chi connectivity index (χ3v) is 8.68. The molecule has 4 heteroatoms. The largest absolute Gasteiger partial charge is 0.459 e. The molecule has 28 heavy (non-hydrogen) atoms. The Labute approximate surface area is 167 Å². The van der Waals surface area contributed by atoms with Crippen LogP contribution < -0.4 is 0 Å². The second kappa shape index (κ2) is 6.47. The van der Waals surface area contributed by atoms with Crippen molar-refractivity contribution in [3.05, 3.63) is 24.3 Å².